The third kappa shape index (κ3) is 6.47. The minimum atomic E-state index is -0.986. The number of nitrogens with zero attached hydrogens (tertiary/aromatic N) is 7. The number of carbonyl (C=O) groups is 2. The standard InChI is InChI=1S/C31H31ClN8O5/c1-31(37-29(41)27-25(32)3-2-8-34-27)6-9-38(10-7-31)26-5-4-20(15-35-26)24-13-22(18-40-28(24)21(14-33)16-36-40)45-19-23-17-39(30(42)43)11-12-44-23/h2-5,8,13,15-16,18,23H,6-7,9-12,17,19H2,1H3,(H,37,41)(H,42,43). The van der Waals surface area contributed by atoms with Crippen molar-refractivity contribution in [2.45, 2.75) is 31.4 Å². The Labute approximate surface area is 263 Å². The number of amides is 2. The number of rotatable bonds is 7. The Kier molecular flexibility index (Phi) is 8.42. The second-order valence-electron chi connectivity index (χ2n) is 11.3. The Hall–Kier alpha value is -4.93. The molecule has 2 aliphatic rings. The van der Waals surface area contributed by atoms with E-state index >= 15 is 0 Å². The zero-order valence-corrected chi connectivity index (χ0v) is 25.3. The van der Waals surface area contributed by atoms with Crippen LogP contribution in [0.4, 0.5) is 10.6 Å². The number of ether oxygens (including phenoxy) is 2. The first-order valence-corrected chi connectivity index (χ1v) is 14.9. The maximum absolute atomic E-state index is 12.8. The average molecular weight is 631 g/mol. The molecule has 6 heterocycles. The molecule has 232 valence electrons. The van der Waals surface area contributed by atoms with E-state index in [1.54, 1.807) is 35.2 Å². The van der Waals surface area contributed by atoms with Crippen LogP contribution in [0.25, 0.3) is 16.6 Å². The highest BCUT2D eigenvalue weighted by Gasteiger charge is 2.33. The number of piperidine rings is 1. The van der Waals surface area contributed by atoms with E-state index in [2.05, 4.69) is 26.4 Å². The molecule has 1 atom stereocenters. The van der Waals surface area contributed by atoms with Gasteiger partial charge in [-0.2, -0.15) is 10.4 Å². The number of nitrogens with one attached hydrogen (secondary N) is 1. The molecule has 0 saturated carbocycles. The van der Waals surface area contributed by atoms with Gasteiger partial charge in [0.05, 0.1) is 41.6 Å². The molecule has 2 N–H and O–H groups in total. The third-order valence-corrected chi connectivity index (χ3v) is 8.50. The lowest BCUT2D eigenvalue weighted by Crippen LogP contribution is -2.53. The van der Waals surface area contributed by atoms with E-state index in [1.807, 2.05) is 25.1 Å². The van der Waals surface area contributed by atoms with E-state index in [9.17, 15) is 20.0 Å². The van der Waals surface area contributed by atoms with Crippen LogP contribution in [0, 0.1) is 11.3 Å². The number of carbonyl (C=O) groups excluding carboxylic acids is 1. The SMILES string of the molecule is CC1(NC(=O)c2ncccc2Cl)CCN(c2ccc(-c3cc(OCC4CN(C(=O)O)CCO4)cn4ncc(C#N)c34)cn2)CC1. The fourth-order valence-corrected chi connectivity index (χ4v) is 5.84. The van der Waals surface area contributed by atoms with Crippen molar-refractivity contribution < 1.29 is 24.2 Å². The molecule has 6 rings (SSSR count). The fourth-order valence-electron chi connectivity index (χ4n) is 5.63. The summed E-state index contributed by atoms with van der Waals surface area (Å²) in [6, 6.07) is 11.3. The lowest BCUT2D eigenvalue weighted by atomic mass is 9.89. The van der Waals surface area contributed by atoms with Crippen molar-refractivity contribution in [3.8, 4) is 22.9 Å². The quantitative estimate of drug-likeness (QED) is 0.307. The smallest absolute Gasteiger partial charge is 0.407 e. The van der Waals surface area contributed by atoms with E-state index in [4.69, 9.17) is 26.1 Å². The van der Waals surface area contributed by atoms with Gasteiger partial charge < -0.3 is 29.7 Å². The van der Waals surface area contributed by atoms with Gasteiger partial charge in [0.25, 0.3) is 5.91 Å². The highest BCUT2D eigenvalue weighted by Crippen LogP contribution is 2.32. The second-order valence-corrected chi connectivity index (χ2v) is 11.7. The van der Waals surface area contributed by atoms with Gasteiger partial charge in [-0.15, -0.1) is 0 Å². The monoisotopic (exact) mass is 630 g/mol. The molecular weight excluding hydrogens is 600 g/mol. The zero-order valence-electron chi connectivity index (χ0n) is 24.5. The fraction of sp³-hybridized carbons (Fsp3) is 0.355. The molecule has 0 spiro atoms. The van der Waals surface area contributed by atoms with E-state index < -0.39 is 17.7 Å². The molecule has 0 aliphatic carbocycles. The van der Waals surface area contributed by atoms with Crippen LogP contribution in [0.1, 0.15) is 35.8 Å². The van der Waals surface area contributed by atoms with Crippen LogP contribution in [0.5, 0.6) is 5.75 Å². The molecule has 2 amide bonds. The summed E-state index contributed by atoms with van der Waals surface area (Å²) in [7, 11) is 0. The first-order valence-electron chi connectivity index (χ1n) is 14.5. The normalized spacial score (nSPS) is 17.9. The van der Waals surface area contributed by atoms with Crippen molar-refractivity contribution in [1.82, 2.24) is 29.8 Å². The Morgan fingerprint density at radius 3 is 2.76 bits per heavy atom. The van der Waals surface area contributed by atoms with E-state index in [0.717, 1.165) is 16.9 Å². The van der Waals surface area contributed by atoms with Gasteiger partial charge in [-0.05, 0) is 50.1 Å². The summed E-state index contributed by atoms with van der Waals surface area (Å²) in [6.45, 7) is 4.41. The summed E-state index contributed by atoms with van der Waals surface area (Å²) in [4.78, 5) is 36.5. The lowest BCUT2D eigenvalue weighted by molar-refractivity contribution is -0.0412. The number of aromatic nitrogens is 4. The van der Waals surface area contributed by atoms with Crippen LogP contribution in [-0.4, -0.2) is 92.6 Å². The van der Waals surface area contributed by atoms with Crippen LogP contribution in [0.2, 0.25) is 5.02 Å². The highest BCUT2D eigenvalue weighted by molar-refractivity contribution is 6.33. The molecule has 0 aromatic carbocycles. The van der Waals surface area contributed by atoms with Crippen LogP contribution < -0.4 is 15.0 Å². The second kappa shape index (κ2) is 12.6. The third-order valence-electron chi connectivity index (χ3n) is 8.19. The molecule has 14 heteroatoms. The maximum atomic E-state index is 12.8. The highest BCUT2D eigenvalue weighted by atomic mass is 35.5. The lowest BCUT2D eigenvalue weighted by Gasteiger charge is -2.40. The number of hydrogen-bond acceptors (Lipinski definition) is 9. The molecule has 0 bridgehead atoms. The summed E-state index contributed by atoms with van der Waals surface area (Å²) in [6.07, 6.45) is 6.53. The Balaban J connectivity index is 1.15. The van der Waals surface area contributed by atoms with Crippen LogP contribution in [0.3, 0.4) is 0 Å². The number of nitriles is 1. The summed E-state index contributed by atoms with van der Waals surface area (Å²) < 4.78 is 13.3. The molecule has 4 aromatic rings. The van der Waals surface area contributed by atoms with Crippen LogP contribution in [-0.2, 0) is 4.74 Å². The first kappa shape index (κ1) is 30.1. The van der Waals surface area contributed by atoms with Gasteiger partial charge in [0.2, 0.25) is 0 Å². The Morgan fingerprint density at radius 1 is 1.22 bits per heavy atom. The number of pyridine rings is 3. The zero-order chi connectivity index (χ0) is 31.6. The molecule has 4 aromatic heterocycles. The topological polar surface area (TPSA) is 158 Å². The molecule has 2 fully saturated rings. The van der Waals surface area contributed by atoms with E-state index in [0.29, 0.717) is 60.9 Å². The number of morpholine rings is 1. The summed E-state index contributed by atoms with van der Waals surface area (Å²) in [5.41, 5.74) is 2.34. The Morgan fingerprint density at radius 2 is 2.04 bits per heavy atom. The average Bonchev–Trinajstić information content (AvgIpc) is 3.47. The van der Waals surface area contributed by atoms with Crippen molar-refractivity contribution in [3.05, 3.63) is 71.4 Å². The summed E-state index contributed by atoms with van der Waals surface area (Å²) >= 11 is 6.16. The first-order chi connectivity index (χ1) is 21.7. The van der Waals surface area contributed by atoms with Crippen molar-refractivity contribution in [1.29, 1.82) is 5.26 Å². The number of carboxylic acid groups (broad SMARTS) is 1. The predicted octanol–water partition coefficient (Wildman–Crippen LogP) is 3.86. The molecule has 0 radical (unpaired) electrons. The van der Waals surface area contributed by atoms with Crippen molar-refractivity contribution in [3.63, 3.8) is 0 Å². The van der Waals surface area contributed by atoms with Gasteiger partial charge in [0, 0.05) is 48.7 Å². The van der Waals surface area contributed by atoms with E-state index in [1.165, 1.54) is 11.1 Å². The minimum Gasteiger partial charge on any atom is -0.489 e. The van der Waals surface area contributed by atoms with Crippen LogP contribution >= 0.6 is 11.6 Å². The largest absolute Gasteiger partial charge is 0.489 e. The van der Waals surface area contributed by atoms with Crippen molar-refractivity contribution >= 4 is 34.9 Å². The number of fused-ring (bicyclic) bond motifs is 1. The van der Waals surface area contributed by atoms with Crippen molar-refractivity contribution in [2.75, 3.05) is 44.3 Å². The number of hydrogen-bond donors (Lipinski definition) is 2. The predicted molar refractivity (Wildman–Crippen MR) is 165 cm³/mol. The molecule has 45 heavy (non-hydrogen) atoms. The number of halogens is 1. The minimum absolute atomic E-state index is 0.154. The maximum Gasteiger partial charge on any atom is 0.407 e. The van der Waals surface area contributed by atoms with Gasteiger partial charge in [-0.1, -0.05) is 11.6 Å². The van der Waals surface area contributed by atoms with Crippen LogP contribution in [0.15, 0.2) is 55.1 Å². The van der Waals surface area contributed by atoms with Gasteiger partial charge in [0.1, 0.15) is 36.0 Å². The molecular formula is C31H31ClN8O5. The summed E-state index contributed by atoms with van der Waals surface area (Å²) in [5.74, 6) is 1.01. The molecule has 2 saturated heterocycles. The number of anilines is 1. The van der Waals surface area contributed by atoms with Crippen molar-refractivity contribution in [2.24, 2.45) is 0 Å². The molecule has 2 aliphatic heterocycles. The van der Waals surface area contributed by atoms with Gasteiger partial charge in [-0.3, -0.25) is 4.79 Å². The van der Waals surface area contributed by atoms with Gasteiger partial charge in [-0.25, -0.2) is 19.3 Å². The van der Waals surface area contributed by atoms with E-state index in [-0.39, 0.29) is 24.8 Å². The van der Waals surface area contributed by atoms with Gasteiger partial charge >= 0.3 is 6.09 Å². The Bertz CT molecular complexity index is 1760. The van der Waals surface area contributed by atoms with Gasteiger partial charge in [0.15, 0.2) is 0 Å². The molecule has 1 unspecified atom stereocenters. The summed E-state index contributed by atoms with van der Waals surface area (Å²) in [5, 5.41) is 26.8. The molecule has 13 nitrogen and oxygen atoms in total.